The summed E-state index contributed by atoms with van der Waals surface area (Å²) in [6.07, 6.45) is 0.887. The Hall–Kier alpha value is -1.36. The Kier molecular flexibility index (Phi) is 4.24. The molecular formula is C11H14ClN5OS. The number of primary amides is 1. The Bertz CT molecular complexity index is 526. The molecule has 102 valence electrons. The highest BCUT2D eigenvalue weighted by Gasteiger charge is 2.28. The number of nitriles is 1. The van der Waals surface area contributed by atoms with E-state index in [1.165, 1.54) is 11.5 Å². The lowest BCUT2D eigenvalue weighted by molar-refractivity contribution is -0.119. The van der Waals surface area contributed by atoms with Gasteiger partial charge in [0.05, 0.1) is 6.04 Å². The molecule has 0 spiro atoms. The summed E-state index contributed by atoms with van der Waals surface area (Å²) in [6.45, 7) is 3.26. The van der Waals surface area contributed by atoms with E-state index in [-0.39, 0.29) is 23.1 Å². The van der Waals surface area contributed by atoms with Crippen LogP contribution in [0.1, 0.15) is 18.9 Å². The molecular weight excluding hydrogens is 286 g/mol. The number of hydrogen-bond donors (Lipinski definition) is 2. The number of rotatable bonds is 4. The van der Waals surface area contributed by atoms with E-state index < -0.39 is 0 Å². The van der Waals surface area contributed by atoms with Gasteiger partial charge in [-0.2, -0.15) is 9.64 Å². The van der Waals surface area contributed by atoms with Gasteiger partial charge >= 0.3 is 0 Å². The quantitative estimate of drug-likeness (QED) is 0.854. The van der Waals surface area contributed by atoms with Crippen LogP contribution in [0.25, 0.3) is 0 Å². The standard InChI is InChI=1S/C11H14ClN5OS/c1-6(10(14)18)15-7-2-3-17(5-7)11-8(4-13)9(12)16-19-11/h6-7,15H,2-3,5H2,1H3,(H2,14,18)/t6-,7-/m0/s1. The molecule has 3 N–H and O–H groups in total. The Morgan fingerprint density at radius 3 is 3.16 bits per heavy atom. The van der Waals surface area contributed by atoms with Crippen molar-refractivity contribution in [3.05, 3.63) is 10.7 Å². The zero-order valence-corrected chi connectivity index (χ0v) is 12.0. The third-order valence-corrected chi connectivity index (χ3v) is 4.42. The first-order valence-electron chi connectivity index (χ1n) is 5.88. The second-order valence-corrected chi connectivity index (χ2v) is 5.60. The van der Waals surface area contributed by atoms with Crippen molar-refractivity contribution in [1.82, 2.24) is 9.69 Å². The van der Waals surface area contributed by atoms with E-state index in [0.717, 1.165) is 18.0 Å². The van der Waals surface area contributed by atoms with Gasteiger partial charge in [0.2, 0.25) is 5.91 Å². The second kappa shape index (κ2) is 5.74. The molecule has 19 heavy (non-hydrogen) atoms. The monoisotopic (exact) mass is 299 g/mol. The number of nitrogens with two attached hydrogens (primary N) is 1. The van der Waals surface area contributed by atoms with Crippen LogP contribution in [0.4, 0.5) is 5.00 Å². The van der Waals surface area contributed by atoms with Crippen molar-refractivity contribution < 1.29 is 4.79 Å². The molecule has 8 heteroatoms. The van der Waals surface area contributed by atoms with Crippen LogP contribution in [-0.4, -0.2) is 35.5 Å². The molecule has 1 saturated heterocycles. The van der Waals surface area contributed by atoms with Crippen molar-refractivity contribution >= 4 is 34.0 Å². The fraction of sp³-hybridized carbons (Fsp3) is 0.545. The summed E-state index contributed by atoms with van der Waals surface area (Å²) in [6, 6.07) is 1.89. The van der Waals surface area contributed by atoms with Gasteiger partial charge in [0.15, 0.2) is 5.15 Å². The number of hydrogen-bond acceptors (Lipinski definition) is 6. The van der Waals surface area contributed by atoms with Gasteiger partial charge < -0.3 is 16.0 Å². The Morgan fingerprint density at radius 1 is 1.79 bits per heavy atom. The van der Waals surface area contributed by atoms with Gasteiger partial charge in [-0.3, -0.25) is 4.79 Å². The summed E-state index contributed by atoms with van der Waals surface area (Å²) in [5, 5.41) is 13.3. The SMILES string of the molecule is C[C@H](N[C@H]1CCN(c2snc(Cl)c2C#N)C1)C(N)=O. The van der Waals surface area contributed by atoms with Crippen LogP contribution in [0.3, 0.4) is 0 Å². The van der Waals surface area contributed by atoms with Crippen molar-refractivity contribution in [1.29, 1.82) is 5.26 Å². The van der Waals surface area contributed by atoms with Crippen molar-refractivity contribution in [2.75, 3.05) is 18.0 Å². The number of nitrogens with one attached hydrogen (secondary N) is 1. The number of carbonyl (C=O) groups excluding carboxylic acids is 1. The second-order valence-electron chi connectivity index (χ2n) is 4.49. The minimum Gasteiger partial charge on any atom is -0.368 e. The normalized spacial score (nSPS) is 20.3. The predicted octanol–water partition coefficient (Wildman–Crippen LogP) is 0.710. The lowest BCUT2D eigenvalue weighted by atomic mass is 10.2. The minimum atomic E-state index is -0.364. The smallest absolute Gasteiger partial charge is 0.234 e. The maximum absolute atomic E-state index is 11.0. The molecule has 2 atom stereocenters. The van der Waals surface area contributed by atoms with Gasteiger partial charge in [-0.1, -0.05) is 11.6 Å². The number of halogens is 1. The van der Waals surface area contributed by atoms with E-state index in [9.17, 15) is 4.79 Å². The highest BCUT2D eigenvalue weighted by molar-refractivity contribution is 7.10. The van der Waals surface area contributed by atoms with Crippen LogP contribution in [0.5, 0.6) is 0 Å². The van der Waals surface area contributed by atoms with Gasteiger partial charge in [0.25, 0.3) is 0 Å². The maximum Gasteiger partial charge on any atom is 0.234 e. The molecule has 6 nitrogen and oxygen atoms in total. The molecule has 0 bridgehead atoms. The van der Waals surface area contributed by atoms with Gasteiger partial charge in [-0.25, -0.2) is 0 Å². The lowest BCUT2D eigenvalue weighted by Gasteiger charge is -2.19. The summed E-state index contributed by atoms with van der Waals surface area (Å²) in [7, 11) is 0. The third-order valence-electron chi connectivity index (χ3n) is 3.13. The van der Waals surface area contributed by atoms with Crippen molar-refractivity contribution in [3.63, 3.8) is 0 Å². The first kappa shape index (κ1) is 14.1. The fourth-order valence-electron chi connectivity index (χ4n) is 2.09. The largest absolute Gasteiger partial charge is 0.368 e. The molecule has 0 radical (unpaired) electrons. The highest BCUT2D eigenvalue weighted by atomic mass is 35.5. The Morgan fingerprint density at radius 2 is 2.53 bits per heavy atom. The molecule has 2 heterocycles. The molecule has 1 fully saturated rings. The molecule has 1 aliphatic rings. The van der Waals surface area contributed by atoms with Gasteiger partial charge in [0, 0.05) is 19.1 Å². The number of nitrogens with zero attached hydrogens (tertiary/aromatic N) is 3. The zero-order chi connectivity index (χ0) is 14.0. The van der Waals surface area contributed by atoms with Crippen LogP contribution in [0, 0.1) is 11.3 Å². The summed E-state index contributed by atoms with van der Waals surface area (Å²) in [5.41, 5.74) is 5.65. The van der Waals surface area contributed by atoms with Crippen molar-refractivity contribution in [2.45, 2.75) is 25.4 Å². The molecule has 1 amide bonds. The van der Waals surface area contributed by atoms with Gasteiger partial charge in [-0.15, -0.1) is 0 Å². The van der Waals surface area contributed by atoms with Crippen LogP contribution in [0.2, 0.25) is 5.15 Å². The molecule has 1 aromatic rings. The number of amides is 1. The Balaban J connectivity index is 2.02. The number of aromatic nitrogens is 1. The van der Waals surface area contributed by atoms with E-state index in [1.54, 1.807) is 6.92 Å². The zero-order valence-electron chi connectivity index (χ0n) is 10.4. The third kappa shape index (κ3) is 2.97. The summed E-state index contributed by atoms with van der Waals surface area (Å²) < 4.78 is 3.99. The van der Waals surface area contributed by atoms with Gasteiger partial charge in [0.1, 0.15) is 16.6 Å². The topological polar surface area (TPSA) is 95.0 Å². The summed E-state index contributed by atoms with van der Waals surface area (Å²) in [5.74, 6) is -0.364. The van der Waals surface area contributed by atoms with E-state index >= 15 is 0 Å². The molecule has 1 aliphatic heterocycles. The first-order chi connectivity index (χ1) is 9.02. The van der Waals surface area contributed by atoms with Crippen LogP contribution in [-0.2, 0) is 4.79 Å². The van der Waals surface area contributed by atoms with Crippen molar-refractivity contribution in [3.8, 4) is 6.07 Å². The van der Waals surface area contributed by atoms with E-state index in [2.05, 4.69) is 20.7 Å². The number of anilines is 1. The molecule has 0 aliphatic carbocycles. The molecule has 2 rings (SSSR count). The number of carbonyl (C=O) groups is 1. The summed E-state index contributed by atoms with van der Waals surface area (Å²) in [4.78, 5) is 13.1. The molecule has 0 unspecified atom stereocenters. The van der Waals surface area contributed by atoms with Gasteiger partial charge in [-0.05, 0) is 24.9 Å². The lowest BCUT2D eigenvalue weighted by Crippen LogP contribution is -2.45. The maximum atomic E-state index is 11.0. The van der Waals surface area contributed by atoms with Crippen LogP contribution < -0.4 is 16.0 Å². The minimum absolute atomic E-state index is 0.176. The molecule has 0 saturated carbocycles. The Labute approximate surface area is 120 Å². The fourth-order valence-corrected chi connectivity index (χ4v) is 3.15. The molecule has 0 aromatic carbocycles. The first-order valence-corrected chi connectivity index (χ1v) is 7.03. The van der Waals surface area contributed by atoms with Crippen LogP contribution >= 0.6 is 23.1 Å². The van der Waals surface area contributed by atoms with Crippen molar-refractivity contribution in [2.24, 2.45) is 5.73 Å². The average molecular weight is 300 g/mol. The van der Waals surface area contributed by atoms with E-state index in [1.807, 2.05) is 0 Å². The summed E-state index contributed by atoms with van der Waals surface area (Å²) >= 11 is 7.09. The molecule has 1 aromatic heterocycles. The predicted molar refractivity (Wildman–Crippen MR) is 74.2 cm³/mol. The van der Waals surface area contributed by atoms with Crippen LogP contribution in [0.15, 0.2) is 0 Å². The van der Waals surface area contributed by atoms with E-state index in [0.29, 0.717) is 12.1 Å². The van der Waals surface area contributed by atoms with E-state index in [4.69, 9.17) is 22.6 Å². The average Bonchev–Trinajstić information content (AvgIpc) is 2.95. The highest BCUT2D eigenvalue weighted by Crippen LogP contribution is 2.33.